The molecule has 3 N–H and O–H groups in total. The molecule has 0 aliphatic carbocycles. The lowest BCUT2D eigenvalue weighted by Crippen LogP contribution is -2.45. The molecule has 30 heavy (non-hydrogen) atoms. The number of ketones is 1. The summed E-state index contributed by atoms with van der Waals surface area (Å²) in [5.41, 5.74) is 1.12. The van der Waals surface area contributed by atoms with Gasteiger partial charge in [0.05, 0.1) is 19.3 Å². The highest BCUT2D eigenvalue weighted by atomic mass is 16.5. The number of carbonyl (C=O) groups is 3. The molecule has 0 aromatic heterocycles. The van der Waals surface area contributed by atoms with Crippen LogP contribution in [-0.2, 0) is 9.59 Å². The second kappa shape index (κ2) is 9.10. The first-order valence-corrected chi connectivity index (χ1v) is 8.89. The highest BCUT2D eigenvalue weighted by Crippen LogP contribution is 2.35. The summed E-state index contributed by atoms with van der Waals surface area (Å²) in [6.07, 6.45) is 1.61. The molecule has 0 radical (unpaired) electrons. The van der Waals surface area contributed by atoms with Crippen LogP contribution in [0.3, 0.4) is 0 Å². The molecule has 1 atom stereocenters. The van der Waals surface area contributed by atoms with Crippen molar-refractivity contribution in [3.05, 3.63) is 59.4 Å². The van der Waals surface area contributed by atoms with Gasteiger partial charge in [0.15, 0.2) is 12.4 Å². The number of amides is 1. The molecule has 0 fully saturated rings. The summed E-state index contributed by atoms with van der Waals surface area (Å²) < 4.78 is 16.1. The van der Waals surface area contributed by atoms with Crippen molar-refractivity contribution in [3.8, 4) is 17.2 Å². The number of benzene rings is 2. The summed E-state index contributed by atoms with van der Waals surface area (Å²) in [4.78, 5) is 35.1. The number of Topliss-reactive ketones (excluding diaryl/α,β-unsaturated/α-hetero) is 1. The highest BCUT2D eigenvalue weighted by Gasteiger charge is 2.28. The van der Waals surface area contributed by atoms with Crippen LogP contribution in [0.25, 0.3) is 6.08 Å². The molecule has 1 aliphatic rings. The van der Waals surface area contributed by atoms with Gasteiger partial charge >= 0.3 is 5.97 Å². The van der Waals surface area contributed by atoms with Crippen LogP contribution >= 0.6 is 0 Å². The second-order valence-electron chi connectivity index (χ2n) is 6.30. The van der Waals surface area contributed by atoms with Crippen molar-refractivity contribution < 1.29 is 38.8 Å². The molecule has 2 aromatic rings. The molecule has 0 spiro atoms. The minimum atomic E-state index is -1.41. The molecule has 9 heteroatoms. The predicted octanol–water partition coefficient (Wildman–Crippen LogP) is 1.25. The fourth-order valence-corrected chi connectivity index (χ4v) is 2.68. The van der Waals surface area contributed by atoms with Gasteiger partial charge < -0.3 is 29.7 Å². The normalized spacial score (nSPS) is 14.6. The van der Waals surface area contributed by atoms with Crippen molar-refractivity contribution in [2.45, 2.75) is 6.04 Å². The van der Waals surface area contributed by atoms with E-state index in [0.717, 1.165) is 5.56 Å². The zero-order valence-electron chi connectivity index (χ0n) is 16.0. The van der Waals surface area contributed by atoms with Crippen molar-refractivity contribution in [1.29, 1.82) is 0 Å². The number of carbonyl (C=O) groups excluding carboxylic acids is 2. The zero-order valence-corrected chi connectivity index (χ0v) is 16.0. The maximum atomic E-state index is 12.5. The molecule has 3 rings (SSSR count). The number of ether oxygens (including phenoxy) is 3. The third-order valence-electron chi connectivity index (χ3n) is 4.24. The number of carboxylic acids is 1. The Kier molecular flexibility index (Phi) is 6.33. The molecule has 1 heterocycles. The first-order chi connectivity index (χ1) is 14.4. The Hall–Kier alpha value is -3.85. The van der Waals surface area contributed by atoms with E-state index in [-0.39, 0.29) is 23.0 Å². The van der Waals surface area contributed by atoms with E-state index >= 15 is 0 Å². The molecule has 9 nitrogen and oxygen atoms in total. The van der Waals surface area contributed by atoms with Crippen molar-refractivity contribution in [2.75, 3.05) is 20.3 Å². The van der Waals surface area contributed by atoms with Crippen LogP contribution in [-0.4, -0.2) is 54.2 Å². The number of hydrogen-bond donors (Lipinski definition) is 3. The molecule has 0 bridgehead atoms. The number of carboxylic acid groups (broad SMARTS) is 1. The molecule has 2 aromatic carbocycles. The Morgan fingerprint density at radius 1 is 1.17 bits per heavy atom. The largest absolute Gasteiger partial charge is 0.497 e. The predicted molar refractivity (Wildman–Crippen MR) is 105 cm³/mol. The Morgan fingerprint density at radius 2 is 1.87 bits per heavy atom. The lowest BCUT2D eigenvalue weighted by Gasteiger charge is -2.12. The van der Waals surface area contributed by atoms with Gasteiger partial charge in [-0.2, -0.15) is 0 Å². The van der Waals surface area contributed by atoms with Crippen molar-refractivity contribution >= 4 is 23.7 Å². The number of fused-ring (bicyclic) bond motifs is 1. The summed E-state index contributed by atoms with van der Waals surface area (Å²) in [5.74, 6) is -0.955. The molecule has 0 saturated heterocycles. The first kappa shape index (κ1) is 20.9. The standard InChI is InChI=1S/C21H19NO8/c1-28-13-4-2-12(3-5-13)8-18-20(25)15-7-6-14(9-17(15)30-18)29-11-19(24)22-16(10-23)21(26)27/h2-9,16,23H,10-11H2,1H3,(H,22,24)(H,26,27). The van der Waals surface area contributed by atoms with E-state index in [0.29, 0.717) is 11.3 Å². The summed E-state index contributed by atoms with van der Waals surface area (Å²) in [5, 5.41) is 19.9. The van der Waals surface area contributed by atoms with E-state index in [9.17, 15) is 14.4 Å². The van der Waals surface area contributed by atoms with Gasteiger partial charge in [0.2, 0.25) is 5.78 Å². The van der Waals surface area contributed by atoms with Crippen LogP contribution in [0, 0.1) is 0 Å². The van der Waals surface area contributed by atoms with Gasteiger partial charge in [0.1, 0.15) is 23.3 Å². The van der Waals surface area contributed by atoms with Crippen molar-refractivity contribution in [3.63, 3.8) is 0 Å². The minimum Gasteiger partial charge on any atom is -0.497 e. The number of aliphatic hydroxyl groups is 1. The third kappa shape index (κ3) is 4.76. The number of aliphatic carboxylic acids is 1. The van der Waals surface area contributed by atoms with Crippen LogP contribution in [0.2, 0.25) is 0 Å². The summed E-state index contributed by atoms with van der Waals surface area (Å²) in [6.45, 7) is -1.20. The number of rotatable bonds is 8. The number of allylic oxidation sites excluding steroid dienone is 1. The van der Waals surface area contributed by atoms with Gasteiger partial charge in [-0.1, -0.05) is 12.1 Å². The van der Waals surface area contributed by atoms with Gasteiger partial charge in [-0.25, -0.2) is 4.79 Å². The van der Waals surface area contributed by atoms with Gasteiger partial charge in [-0.05, 0) is 35.9 Å². The topological polar surface area (TPSA) is 131 Å². The molecule has 0 saturated carbocycles. The Morgan fingerprint density at radius 3 is 2.50 bits per heavy atom. The third-order valence-corrected chi connectivity index (χ3v) is 4.24. The number of aliphatic hydroxyl groups excluding tert-OH is 1. The molecular weight excluding hydrogens is 394 g/mol. The number of hydrogen-bond acceptors (Lipinski definition) is 7. The Balaban J connectivity index is 1.65. The Labute approximate surface area is 171 Å². The first-order valence-electron chi connectivity index (χ1n) is 8.89. The molecule has 1 amide bonds. The maximum absolute atomic E-state index is 12.5. The summed E-state index contributed by atoms with van der Waals surface area (Å²) in [7, 11) is 1.56. The van der Waals surface area contributed by atoms with Crippen LogP contribution in [0.5, 0.6) is 17.2 Å². The van der Waals surface area contributed by atoms with Gasteiger partial charge in [-0.3, -0.25) is 9.59 Å². The average molecular weight is 413 g/mol. The fourth-order valence-electron chi connectivity index (χ4n) is 2.68. The minimum absolute atomic E-state index is 0.150. The van der Waals surface area contributed by atoms with E-state index in [1.165, 1.54) is 18.2 Å². The molecular formula is C21H19NO8. The van der Waals surface area contributed by atoms with Gasteiger partial charge in [-0.15, -0.1) is 0 Å². The second-order valence-corrected chi connectivity index (χ2v) is 6.30. The SMILES string of the molecule is COc1ccc(C=C2Oc3cc(OCC(=O)NC(CO)C(=O)O)ccc3C2=O)cc1. The van der Waals surface area contributed by atoms with Crippen LogP contribution in [0.4, 0.5) is 0 Å². The van der Waals surface area contributed by atoms with Crippen molar-refractivity contribution in [2.24, 2.45) is 0 Å². The number of methoxy groups -OCH3 is 1. The summed E-state index contributed by atoms with van der Waals surface area (Å²) in [6, 6.07) is 10.2. The van der Waals surface area contributed by atoms with E-state index in [1.807, 2.05) is 0 Å². The summed E-state index contributed by atoms with van der Waals surface area (Å²) >= 11 is 0. The maximum Gasteiger partial charge on any atom is 0.328 e. The lowest BCUT2D eigenvalue weighted by molar-refractivity contribution is -0.143. The molecule has 1 unspecified atom stereocenters. The fraction of sp³-hybridized carbons (Fsp3) is 0.190. The van der Waals surface area contributed by atoms with Crippen LogP contribution in [0.1, 0.15) is 15.9 Å². The van der Waals surface area contributed by atoms with Crippen LogP contribution in [0.15, 0.2) is 48.2 Å². The van der Waals surface area contributed by atoms with Crippen LogP contribution < -0.4 is 19.5 Å². The molecule has 1 aliphatic heterocycles. The van der Waals surface area contributed by atoms with E-state index in [4.69, 9.17) is 24.4 Å². The smallest absolute Gasteiger partial charge is 0.328 e. The zero-order chi connectivity index (χ0) is 21.7. The number of nitrogens with one attached hydrogen (secondary N) is 1. The van der Waals surface area contributed by atoms with Gasteiger partial charge in [0, 0.05) is 6.07 Å². The van der Waals surface area contributed by atoms with Gasteiger partial charge in [0.25, 0.3) is 5.91 Å². The van der Waals surface area contributed by atoms with E-state index in [2.05, 4.69) is 5.32 Å². The lowest BCUT2D eigenvalue weighted by atomic mass is 10.1. The molecule has 156 valence electrons. The highest BCUT2D eigenvalue weighted by molar-refractivity contribution is 6.14. The Bertz CT molecular complexity index is 997. The monoisotopic (exact) mass is 413 g/mol. The average Bonchev–Trinajstić information content (AvgIpc) is 3.05. The van der Waals surface area contributed by atoms with Crippen molar-refractivity contribution in [1.82, 2.24) is 5.32 Å². The van der Waals surface area contributed by atoms with E-state index < -0.39 is 31.1 Å². The van der Waals surface area contributed by atoms with E-state index in [1.54, 1.807) is 37.5 Å². The quantitative estimate of drug-likeness (QED) is 0.551.